The second-order valence-electron chi connectivity index (χ2n) is 16.2. The van der Waals surface area contributed by atoms with Crippen molar-refractivity contribution in [2.24, 2.45) is 0 Å². The molecule has 0 radical (unpaired) electrons. The van der Waals surface area contributed by atoms with Gasteiger partial charge in [-0.15, -0.1) is 0 Å². The SMILES string of the molecule is Cc1ccc(N(c2ccc(C)cc2)c2cc(-c3ccc(-c4ccc5c(c4)c4ccccc4n5-c4ccccc4)cc3)cc(N(c3ccc(C)cc3)c3ccc(C)cc3)c2)cc1. The Labute approximate surface area is 359 Å². The van der Waals surface area contributed by atoms with Crippen molar-refractivity contribution in [1.29, 1.82) is 0 Å². The fourth-order valence-electron chi connectivity index (χ4n) is 8.55. The van der Waals surface area contributed by atoms with Gasteiger partial charge in [-0.05, 0) is 147 Å². The monoisotopic (exact) mass is 785 g/mol. The van der Waals surface area contributed by atoms with Gasteiger partial charge >= 0.3 is 0 Å². The van der Waals surface area contributed by atoms with Crippen LogP contribution in [-0.4, -0.2) is 4.57 Å². The van der Waals surface area contributed by atoms with Crippen molar-refractivity contribution in [3.8, 4) is 27.9 Å². The molecule has 1 aromatic heterocycles. The summed E-state index contributed by atoms with van der Waals surface area (Å²) in [4.78, 5) is 4.76. The number of fused-ring (bicyclic) bond motifs is 3. The molecule has 3 heteroatoms. The van der Waals surface area contributed by atoms with E-state index in [0.717, 1.165) is 45.3 Å². The highest BCUT2D eigenvalue weighted by Crippen LogP contribution is 2.44. The maximum atomic E-state index is 2.38. The van der Waals surface area contributed by atoms with Gasteiger partial charge in [-0.3, -0.25) is 0 Å². The molecule has 10 rings (SSSR count). The summed E-state index contributed by atoms with van der Waals surface area (Å²) < 4.78 is 2.37. The van der Waals surface area contributed by atoms with Crippen LogP contribution in [0.2, 0.25) is 0 Å². The van der Waals surface area contributed by atoms with Gasteiger partial charge in [0.05, 0.1) is 11.0 Å². The van der Waals surface area contributed by atoms with E-state index in [1.807, 2.05) is 0 Å². The maximum absolute atomic E-state index is 2.38. The Balaban J connectivity index is 1.13. The lowest BCUT2D eigenvalue weighted by molar-refractivity contribution is 1.18. The highest BCUT2D eigenvalue weighted by Gasteiger charge is 2.20. The number of aromatic nitrogens is 1. The van der Waals surface area contributed by atoms with Crippen molar-refractivity contribution in [2.75, 3.05) is 9.80 Å². The molecular weight excluding hydrogens is 739 g/mol. The summed E-state index contributed by atoms with van der Waals surface area (Å²) in [5.41, 5.74) is 19.7. The molecule has 0 amide bonds. The maximum Gasteiger partial charge on any atom is 0.0541 e. The summed E-state index contributed by atoms with van der Waals surface area (Å²) in [6, 6.07) is 77.7. The Morgan fingerprint density at radius 2 is 0.672 bits per heavy atom. The van der Waals surface area contributed by atoms with Crippen molar-refractivity contribution < 1.29 is 0 Å². The molecule has 0 aliphatic rings. The molecule has 294 valence electrons. The van der Waals surface area contributed by atoms with E-state index in [1.54, 1.807) is 0 Å². The Hall–Kier alpha value is -7.62. The minimum atomic E-state index is 1.08. The molecule has 0 unspecified atom stereocenters. The number of hydrogen-bond acceptors (Lipinski definition) is 2. The van der Waals surface area contributed by atoms with E-state index in [2.05, 4.69) is 254 Å². The predicted molar refractivity (Wildman–Crippen MR) is 260 cm³/mol. The second-order valence-corrected chi connectivity index (χ2v) is 16.2. The Morgan fingerprint density at radius 3 is 1.15 bits per heavy atom. The zero-order valence-electron chi connectivity index (χ0n) is 35.0. The van der Waals surface area contributed by atoms with Gasteiger partial charge in [0.2, 0.25) is 0 Å². The molecule has 0 bridgehead atoms. The number of rotatable bonds is 9. The topological polar surface area (TPSA) is 11.4 Å². The van der Waals surface area contributed by atoms with E-state index >= 15 is 0 Å². The molecule has 1 heterocycles. The summed E-state index contributed by atoms with van der Waals surface area (Å²) in [5.74, 6) is 0. The molecule has 0 saturated heterocycles. The molecule has 10 aromatic rings. The number of aryl methyl sites for hydroxylation is 4. The van der Waals surface area contributed by atoms with Gasteiger partial charge in [0, 0.05) is 50.6 Å². The fraction of sp³-hybridized carbons (Fsp3) is 0.0690. The van der Waals surface area contributed by atoms with Gasteiger partial charge in [-0.1, -0.05) is 138 Å². The van der Waals surface area contributed by atoms with Gasteiger partial charge < -0.3 is 14.4 Å². The molecular formula is C58H47N3. The largest absolute Gasteiger partial charge is 0.310 e. The summed E-state index contributed by atoms with van der Waals surface area (Å²) in [7, 11) is 0. The second kappa shape index (κ2) is 15.9. The van der Waals surface area contributed by atoms with Gasteiger partial charge in [0.1, 0.15) is 0 Å². The van der Waals surface area contributed by atoms with E-state index in [1.165, 1.54) is 60.9 Å². The van der Waals surface area contributed by atoms with Crippen LogP contribution in [0.15, 0.2) is 212 Å². The standard InChI is InChI=1S/C58H47N3/c1-40-14-27-49(28-15-40)59(50-29-16-41(2)17-30-50)53-36-47(37-54(39-53)60(51-31-18-42(3)19-32-51)52-33-20-43(4)21-34-52)45-24-22-44(23-25-45)46-26-35-58-56(38-46)55-12-8-9-13-57(55)61(58)48-10-6-5-7-11-48/h5-39H,1-4H3. The van der Waals surface area contributed by atoms with Crippen LogP contribution in [-0.2, 0) is 0 Å². The molecule has 3 nitrogen and oxygen atoms in total. The quantitative estimate of drug-likeness (QED) is 0.144. The highest BCUT2D eigenvalue weighted by molar-refractivity contribution is 6.10. The first-order chi connectivity index (χ1) is 29.9. The molecule has 0 spiro atoms. The number of hydrogen-bond donors (Lipinski definition) is 0. The van der Waals surface area contributed by atoms with Crippen LogP contribution in [0.1, 0.15) is 22.3 Å². The van der Waals surface area contributed by atoms with E-state index in [0.29, 0.717) is 0 Å². The average molecular weight is 786 g/mol. The Morgan fingerprint density at radius 1 is 0.279 bits per heavy atom. The van der Waals surface area contributed by atoms with Crippen molar-refractivity contribution >= 4 is 55.9 Å². The normalized spacial score (nSPS) is 11.3. The molecule has 0 aliphatic heterocycles. The average Bonchev–Trinajstić information content (AvgIpc) is 3.63. The Bertz CT molecular complexity index is 2920. The van der Waals surface area contributed by atoms with Crippen molar-refractivity contribution in [3.05, 3.63) is 235 Å². The highest BCUT2D eigenvalue weighted by atomic mass is 15.2. The third-order valence-corrected chi connectivity index (χ3v) is 11.8. The zero-order valence-corrected chi connectivity index (χ0v) is 35.0. The third-order valence-electron chi connectivity index (χ3n) is 11.8. The van der Waals surface area contributed by atoms with E-state index in [9.17, 15) is 0 Å². The summed E-state index contributed by atoms with van der Waals surface area (Å²) in [5, 5.41) is 2.50. The number of benzene rings is 9. The van der Waals surface area contributed by atoms with Crippen molar-refractivity contribution in [1.82, 2.24) is 4.57 Å². The first kappa shape index (κ1) is 37.6. The lowest BCUT2D eigenvalue weighted by Gasteiger charge is -2.30. The van der Waals surface area contributed by atoms with Gasteiger partial charge in [-0.25, -0.2) is 0 Å². The molecule has 61 heavy (non-hydrogen) atoms. The van der Waals surface area contributed by atoms with Gasteiger partial charge in [-0.2, -0.15) is 0 Å². The smallest absolute Gasteiger partial charge is 0.0541 e. The van der Waals surface area contributed by atoms with Crippen molar-refractivity contribution in [2.45, 2.75) is 27.7 Å². The molecule has 9 aromatic carbocycles. The molecule has 0 atom stereocenters. The fourth-order valence-corrected chi connectivity index (χ4v) is 8.55. The summed E-state index contributed by atoms with van der Waals surface area (Å²) in [6.45, 7) is 8.57. The minimum absolute atomic E-state index is 1.08. The van der Waals surface area contributed by atoms with Crippen LogP contribution < -0.4 is 9.80 Å². The number of anilines is 6. The molecule has 0 saturated carbocycles. The number of nitrogens with zero attached hydrogens (tertiary/aromatic N) is 3. The minimum Gasteiger partial charge on any atom is -0.310 e. The zero-order chi connectivity index (χ0) is 41.5. The predicted octanol–water partition coefficient (Wildman–Crippen LogP) is 16.3. The van der Waals surface area contributed by atoms with E-state index < -0.39 is 0 Å². The third kappa shape index (κ3) is 7.36. The summed E-state index contributed by atoms with van der Waals surface area (Å²) in [6.07, 6.45) is 0. The molecule has 0 aliphatic carbocycles. The van der Waals surface area contributed by atoms with Crippen LogP contribution in [0, 0.1) is 27.7 Å². The van der Waals surface area contributed by atoms with Gasteiger partial charge in [0.15, 0.2) is 0 Å². The number of para-hydroxylation sites is 2. The summed E-state index contributed by atoms with van der Waals surface area (Å²) >= 11 is 0. The first-order valence-electron chi connectivity index (χ1n) is 21.1. The Kier molecular flexibility index (Phi) is 9.78. The molecule has 0 fully saturated rings. The molecule has 0 N–H and O–H groups in total. The van der Waals surface area contributed by atoms with Crippen LogP contribution in [0.25, 0.3) is 49.7 Å². The first-order valence-corrected chi connectivity index (χ1v) is 21.1. The lowest BCUT2D eigenvalue weighted by atomic mass is 9.97. The van der Waals surface area contributed by atoms with Crippen LogP contribution in [0.3, 0.4) is 0 Å². The van der Waals surface area contributed by atoms with Crippen LogP contribution >= 0.6 is 0 Å². The van der Waals surface area contributed by atoms with E-state index in [-0.39, 0.29) is 0 Å². The van der Waals surface area contributed by atoms with E-state index in [4.69, 9.17) is 0 Å². The van der Waals surface area contributed by atoms with Gasteiger partial charge in [0.25, 0.3) is 0 Å². The van der Waals surface area contributed by atoms with Crippen LogP contribution in [0.5, 0.6) is 0 Å². The lowest BCUT2D eigenvalue weighted by Crippen LogP contribution is -2.13. The van der Waals surface area contributed by atoms with Crippen LogP contribution in [0.4, 0.5) is 34.1 Å². The van der Waals surface area contributed by atoms with Crippen molar-refractivity contribution in [3.63, 3.8) is 0 Å².